The number of rotatable bonds is 4. The van der Waals surface area contributed by atoms with E-state index in [1.807, 2.05) is 0 Å². The van der Waals surface area contributed by atoms with E-state index in [0.717, 1.165) is 0 Å². The number of hydrogen-bond acceptors (Lipinski definition) is 5. The Bertz CT molecular complexity index is 271. The van der Waals surface area contributed by atoms with E-state index in [0.29, 0.717) is 0 Å². The molecule has 0 aliphatic rings. The monoisotopic (exact) mass is 184 g/mol. The van der Waals surface area contributed by atoms with Gasteiger partial charge in [-0.2, -0.15) is 0 Å². The molecule has 1 rings (SSSR count). The van der Waals surface area contributed by atoms with Crippen molar-refractivity contribution in [2.24, 2.45) is 11.5 Å². The van der Waals surface area contributed by atoms with Crippen LogP contribution in [0.1, 0.15) is 10.6 Å². The summed E-state index contributed by atoms with van der Waals surface area (Å²) in [7, 11) is 0. The van der Waals surface area contributed by atoms with Gasteiger partial charge in [-0.15, -0.1) is 0 Å². The highest BCUT2D eigenvalue weighted by atomic mass is 16.3. The van der Waals surface area contributed by atoms with Gasteiger partial charge in [-0.3, -0.25) is 4.79 Å². The van der Waals surface area contributed by atoms with E-state index in [2.05, 4.69) is 0 Å². The molecule has 1 heterocycles. The van der Waals surface area contributed by atoms with E-state index >= 15 is 0 Å². The number of nitrogens with two attached hydrogens (primary N) is 2. The minimum Gasteiger partial charge on any atom is -0.461 e. The van der Waals surface area contributed by atoms with E-state index < -0.39 is 17.9 Å². The van der Waals surface area contributed by atoms with Crippen LogP contribution in [0.2, 0.25) is 0 Å². The molecule has 1 aromatic rings. The van der Waals surface area contributed by atoms with Gasteiger partial charge in [-0.05, 0) is 12.1 Å². The fraction of sp³-hybridized carbons (Fsp3) is 0.375. The zero-order chi connectivity index (χ0) is 9.84. The maximum atomic E-state index is 11.4. The second-order valence-electron chi connectivity index (χ2n) is 2.67. The number of carbonyl (C=O) groups excluding carboxylic acids is 1. The quantitative estimate of drug-likeness (QED) is 0.527. The van der Waals surface area contributed by atoms with Crippen molar-refractivity contribution in [3.8, 4) is 0 Å². The Morgan fingerprint density at radius 2 is 2.38 bits per heavy atom. The van der Waals surface area contributed by atoms with Crippen molar-refractivity contribution in [2.75, 3.05) is 6.54 Å². The van der Waals surface area contributed by atoms with Crippen molar-refractivity contribution in [3.05, 3.63) is 24.2 Å². The van der Waals surface area contributed by atoms with Gasteiger partial charge >= 0.3 is 0 Å². The Hall–Kier alpha value is -1.17. The van der Waals surface area contributed by atoms with Gasteiger partial charge < -0.3 is 21.0 Å². The van der Waals surface area contributed by atoms with Crippen LogP contribution in [0.15, 0.2) is 22.8 Å². The first kappa shape index (κ1) is 9.91. The summed E-state index contributed by atoms with van der Waals surface area (Å²) in [6.45, 7) is -0.0480. The fourth-order valence-corrected chi connectivity index (χ4v) is 0.904. The minimum absolute atomic E-state index is 0.0480. The van der Waals surface area contributed by atoms with E-state index in [1.165, 1.54) is 12.3 Å². The lowest BCUT2D eigenvalue weighted by Crippen LogP contribution is -2.45. The number of carbonyl (C=O) groups is 1. The predicted octanol–water partition coefficient (Wildman–Crippen LogP) is -0.891. The molecular formula is C8H12N2O3. The standard InChI is InChI=1S/C8H12N2O3/c9-4-5(11)7(10)8(12)6-2-1-3-13-6/h1-3,5,7,11H,4,9-10H2. The van der Waals surface area contributed by atoms with Crippen molar-refractivity contribution in [2.45, 2.75) is 12.1 Å². The van der Waals surface area contributed by atoms with Gasteiger partial charge in [-0.1, -0.05) is 0 Å². The van der Waals surface area contributed by atoms with Gasteiger partial charge in [0, 0.05) is 6.54 Å². The van der Waals surface area contributed by atoms with Crippen LogP contribution in [0.25, 0.3) is 0 Å². The minimum atomic E-state index is -1.03. The SMILES string of the molecule is NCC(O)C(N)C(=O)c1ccco1. The summed E-state index contributed by atoms with van der Waals surface area (Å²) in [4.78, 5) is 11.4. The van der Waals surface area contributed by atoms with Gasteiger partial charge in [0.2, 0.25) is 5.78 Å². The second kappa shape index (κ2) is 4.18. The summed E-state index contributed by atoms with van der Waals surface area (Å²) in [6.07, 6.45) is 0.340. The van der Waals surface area contributed by atoms with Crippen LogP contribution in [0.3, 0.4) is 0 Å². The van der Waals surface area contributed by atoms with Crippen molar-refractivity contribution >= 4 is 5.78 Å². The Kier molecular flexibility index (Phi) is 3.18. The molecule has 2 atom stereocenters. The average Bonchev–Trinajstić information content (AvgIpc) is 2.67. The second-order valence-corrected chi connectivity index (χ2v) is 2.67. The number of aliphatic hydroxyl groups is 1. The highest BCUT2D eigenvalue weighted by Crippen LogP contribution is 2.05. The molecule has 0 aliphatic carbocycles. The predicted molar refractivity (Wildman–Crippen MR) is 46.1 cm³/mol. The summed E-state index contributed by atoms with van der Waals surface area (Å²) in [5.41, 5.74) is 10.6. The van der Waals surface area contributed by atoms with Crippen LogP contribution in [0, 0.1) is 0 Å². The number of furan rings is 1. The Balaban J connectivity index is 2.68. The summed E-state index contributed by atoms with van der Waals surface area (Å²) < 4.78 is 4.83. The molecule has 0 bridgehead atoms. The van der Waals surface area contributed by atoms with Gasteiger partial charge in [0.15, 0.2) is 5.76 Å². The van der Waals surface area contributed by atoms with Crippen LogP contribution in [0.4, 0.5) is 0 Å². The molecule has 0 aromatic carbocycles. The maximum absolute atomic E-state index is 11.4. The highest BCUT2D eigenvalue weighted by Gasteiger charge is 2.24. The van der Waals surface area contributed by atoms with Crippen molar-refractivity contribution < 1.29 is 14.3 Å². The van der Waals surface area contributed by atoms with Crippen molar-refractivity contribution in [1.29, 1.82) is 0 Å². The zero-order valence-corrected chi connectivity index (χ0v) is 7.01. The van der Waals surface area contributed by atoms with Crippen LogP contribution < -0.4 is 11.5 Å². The number of Topliss-reactive ketones (excluding diaryl/α,β-unsaturated/α-hetero) is 1. The van der Waals surface area contributed by atoms with Crippen LogP contribution in [0.5, 0.6) is 0 Å². The molecule has 0 amide bonds. The molecule has 0 fully saturated rings. The Labute approximate surface area is 75.3 Å². The van der Waals surface area contributed by atoms with Crippen LogP contribution >= 0.6 is 0 Å². The lowest BCUT2D eigenvalue weighted by Gasteiger charge is -2.13. The van der Waals surface area contributed by atoms with E-state index in [9.17, 15) is 9.90 Å². The normalized spacial score (nSPS) is 15.3. The summed E-state index contributed by atoms with van der Waals surface area (Å²) in [6, 6.07) is 2.05. The largest absolute Gasteiger partial charge is 0.461 e. The molecule has 5 heteroatoms. The molecule has 0 saturated heterocycles. The molecule has 0 saturated carbocycles. The van der Waals surface area contributed by atoms with Gasteiger partial charge in [0.1, 0.15) is 0 Å². The van der Waals surface area contributed by atoms with Gasteiger partial charge in [0.25, 0.3) is 0 Å². The third-order valence-electron chi connectivity index (χ3n) is 1.72. The first-order valence-electron chi connectivity index (χ1n) is 3.88. The molecule has 0 radical (unpaired) electrons. The summed E-state index contributed by atoms with van der Waals surface area (Å²) >= 11 is 0. The molecule has 5 nitrogen and oxygen atoms in total. The molecule has 0 spiro atoms. The Morgan fingerprint density at radius 3 is 2.85 bits per heavy atom. The Morgan fingerprint density at radius 1 is 1.69 bits per heavy atom. The lowest BCUT2D eigenvalue weighted by atomic mass is 10.1. The topological polar surface area (TPSA) is 102 Å². The maximum Gasteiger partial charge on any atom is 0.217 e. The zero-order valence-electron chi connectivity index (χ0n) is 7.01. The van der Waals surface area contributed by atoms with E-state index in [4.69, 9.17) is 15.9 Å². The molecule has 0 aliphatic heterocycles. The van der Waals surface area contributed by atoms with Crippen molar-refractivity contribution in [1.82, 2.24) is 0 Å². The first-order chi connectivity index (χ1) is 6.16. The smallest absolute Gasteiger partial charge is 0.217 e. The van der Waals surface area contributed by atoms with E-state index in [-0.39, 0.29) is 12.3 Å². The molecule has 13 heavy (non-hydrogen) atoms. The third kappa shape index (κ3) is 2.15. The fourth-order valence-electron chi connectivity index (χ4n) is 0.904. The third-order valence-corrected chi connectivity index (χ3v) is 1.72. The van der Waals surface area contributed by atoms with Crippen LogP contribution in [-0.4, -0.2) is 29.6 Å². The summed E-state index contributed by atoms with van der Waals surface area (Å²) in [5.74, 6) is -0.303. The van der Waals surface area contributed by atoms with Crippen LogP contribution in [-0.2, 0) is 0 Å². The number of aliphatic hydroxyl groups excluding tert-OH is 1. The molecule has 2 unspecified atom stereocenters. The lowest BCUT2D eigenvalue weighted by molar-refractivity contribution is 0.0804. The highest BCUT2D eigenvalue weighted by molar-refractivity contribution is 5.97. The molecule has 1 aromatic heterocycles. The molecular weight excluding hydrogens is 172 g/mol. The van der Waals surface area contributed by atoms with Crippen molar-refractivity contribution in [3.63, 3.8) is 0 Å². The number of ketones is 1. The number of hydrogen-bond donors (Lipinski definition) is 3. The van der Waals surface area contributed by atoms with E-state index in [1.54, 1.807) is 6.07 Å². The van der Waals surface area contributed by atoms with Gasteiger partial charge in [-0.25, -0.2) is 0 Å². The molecule has 5 N–H and O–H groups in total. The first-order valence-corrected chi connectivity index (χ1v) is 3.88. The molecule has 72 valence electrons. The summed E-state index contributed by atoms with van der Waals surface area (Å²) in [5, 5.41) is 9.18. The average molecular weight is 184 g/mol. The van der Waals surface area contributed by atoms with Gasteiger partial charge in [0.05, 0.1) is 18.4 Å².